The molecule has 2 fully saturated rings. The van der Waals surface area contributed by atoms with E-state index in [0.717, 1.165) is 5.56 Å². The van der Waals surface area contributed by atoms with Gasteiger partial charge in [0.25, 0.3) is 11.8 Å². The van der Waals surface area contributed by atoms with Crippen LogP contribution < -0.4 is 10.6 Å². The number of likely N-dealkylation sites (tertiary alicyclic amines) is 1. The Bertz CT molecular complexity index is 948. The molecule has 29 heavy (non-hydrogen) atoms. The van der Waals surface area contributed by atoms with Crippen LogP contribution in [-0.4, -0.2) is 53.8 Å². The predicted octanol–water partition coefficient (Wildman–Crippen LogP) is 1.24. The average molecular weight is 392 g/mol. The van der Waals surface area contributed by atoms with E-state index in [9.17, 15) is 14.4 Å². The zero-order chi connectivity index (χ0) is 20.5. The molecule has 1 aromatic heterocycles. The molecule has 1 aliphatic carbocycles. The average Bonchev–Trinajstić information content (AvgIpc) is 3.15. The van der Waals surface area contributed by atoms with Crippen molar-refractivity contribution in [3.05, 3.63) is 65.0 Å². The molecule has 3 amide bonds. The number of nitrogens with zero attached hydrogens (tertiary/aromatic N) is 2. The van der Waals surface area contributed by atoms with Gasteiger partial charge in [-0.15, -0.1) is 0 Å². The van der Waals surface area contributed by atoms with Crippen LogP contribution in [0.2, 0.25) is 0 Å². The van der Waals surface area contributed by atoms with E-state index in [1.807, 2.05) is 35.2 Å². The number of piperidine rings is 1. The van der Waals surface area contributed by atoms with Crippen LogP contribution >= 0.6 is 0 Å². The number of benzene rings is 1. The van der Waals surface area contributed by atoms with E-state index >= 15 is 0 Å². The number of hydrogen-bond donors (Lipinski definition) is 2. The molecule has 7 nitrogen and oxygen atoms in total. The SMILES string of the molecule is CNC(=O)c1cc(C(=O)NC2C3CN(C(C)=O)CC32)cc(Cc2ccccc2)n1. The monoisotopic (exact) mass is 392 g/mol. The lowest BCUT2D eigenvalue weighted by Crippen LogP contribution is -2.36. The van der Waals surface area contributed by atoms with Gasteiger partial charge in [-0.25, -0.2) is 4.98 Å². The van der Waals surface area contributed by atoms with Gasteiger partial charge in [-0.05, 0) is 17.7 Å². The fourth-order valence-electron chi connectivity index (χ4n) is 4.09. The highest BCUT2D eigenvalue weighted by Gasteiger charge is 2.57. The topological polar surface area (TPSA) is 91.4 Å². The summed E-state index contributed by atoms with van der Waals surface area (Å²) < 4.78 is 0. The standard InChI is InChI=1S/C22H24N4O3/c1-13(27)26-11-17-18(12-26)20(17)25-21(28)15-9-16(8-14-6-4-3-5-7-14)24-19(10-15)22(29)23-2/h3-7,9-10,17-18,20H,8,11-12H2,1-2H3,(H,23,29)(H,25,28). The highest BCUT2D eigenvalue weighted by molar-refractivity contribution is 5.99. The number of nitrogens with one attached hydrogen (secondary N) is 2. The van der Waals surface area contributed by atoms with Gasteiger partial charge in [-0.3, -0.25) is 14.4 Å². The Balaban J connectivity index is 1.50. The third-order valence-electron chi connectivity index (χ3n) is 5.77. The fraction of sp³-hybridized carbons (Fsp3) is 0.364. The smallest absolute Gasteiger partial charge is 0.269 e. The van der Waals surface area contributed by atoms with Crippen LogP contribution in [0.3, 0.4) is 0 Å². The van der Waals surface area contributed by atoms with Crippen LogP contribution in [0.25, 0.3) is 0 Å². The van der Waals surface area contributed by atoms with E-state index in [1.54, 1.807) is 20.0 Å². The van der Waals surface area contributed by atoms with Crippen molar-refractivity contribution in [2.45, 2.75) is 19.4 Å². The zero-order valence-corrected chi connectivity index (χ0v) is 16.5. The molecule has 1 aromatic carbocycles. The van der Waals surface area contributed by atoms with Gasteiger partial charge in [-0.1, -0.05) is 30.3 Å². The molecule has 2 unspecified atom stereocenters. The lowest BCUT2D eigenvalue weighted by atomic mass is 10.1. The minimum absolute atomic E-state index is 0.0807. The molecule has 2 aliphatic rings. The van der Waals surface area contributed by atoms with Gasteiger partial charge in [0.05, 0.1) is 0 Å². The number of aromatic nitrogens is 1. The van der Waals surface area contributed by atoms with Crippen molar-refractivity contribution in [3.8, 4) is 0 Å². The number of rotatable bonds is 5. The summed E-state index contributed by atoms with van der Waals surface area (Å²) in [4.78, 5) is 42.7. The molecule has 1 saturated carbocycles. The molecule has 2 atom stereocenters. The molecule has 7 heteroatoms. The summed E-state index contributed by atoms with van der Waals surface area (Å²) in [5.74, 6) is 0.200. The van der Waals surface area contributed by atoms with Gasteiger partial charge in [-0.2, -0.15) is 0 Å². The lowest BCUT2D eigenvalue weighted by molar-refractivity contribution is -0.128. The minimum atomic E-state index is -0.325. The van der Waals surface area contributed by atoms with Crippen molar-refractivity contribution in [1.82, 2.24) is 20.5 Å². The van der Waals surface area contributed by atoms with E-state index in [2.05, 4.69) is 15.6 Å². The van der Waals surface area contributed by atoms with Gasteiger partial charge < -0.3 is 15.5 Å². The van der Waals surface area contributed by atoms with Crippen LogP contribution in [0.5, 0.6) is 0 Å². The normalized spacial score (nSPS) is 22.0. The first-order chi connectivity index (χ1) is 14.0. The molecule has 1 saturated heterocycles. The second-order valence-electron chi connectivity index (χ2n) is 7.72. The van der Waals surface area contributed by atoms with Gasteiger partial charge in [0.2, 0.25) is 5.91 Å². The number of pyridine rings is 1. The Morgan fingerprint density at radius 2 is 1.76 bits per heavy atom. The first kappa shape index (κ1) is 19.1. The number of fused-ring (bicyclic) bond motifs is 1. The molecule has 2 aromatic rings. The first-order valence-electron chi connectivity index (χ1n) is 9.79. The van der Waals surface area contributed by atoms with Crippen molar-refractivity contribution in [2.24, 2.45) is 11.8 Å². The predicted molar refractivity (Wildman–Crippen MR) is 107 cm³/mol. The van der Waals surface area contributed by atoms with Crippen LogP contribution in [0.4, 0.5) is 0 Å². The summed E-state index contributed by atoms with van der Waals surface area (Å²) in [7, 11) is 1.54. The molecule has 0 radical (unpaired) electrons. The second-order valence-corrected chi connectivity index (χ2v) is 7.72. The van der Waals surface area contributed by atoms with Gasteiger partial charge >= 0.3 is 0 Å². The molecular formula is C22H24N4O3. The Kier molecular flexibility index (Phi) is 5.05. The largest absolute Gasteiger partial charge is 0.354 e. The second kappa shape index (κ2) is 7.66. The summed E-state index contributed by atoms with van der Waals surface area (Å²) in [6.07, 6.45) is 0.536. The van der Waals surface area contributed by atoms with Crippen LogP contribution in [0.15, 0.2) is 42.5 Å². The maximum absolute atomic E-state index is 12.9. The number of hydrogen-bond acceptors (Lipinski definition) is 4. The third-order valence-corrected chi connectivity index (χ3v) is 5.77. The minimum Gasteiger partial charge on any atom is -0.354 e. The number of carbonyl (C=O) groups excluding carboxylic acids is 3. The zero-order valence-electron chi connectivity index (χ0n) is 16.5. The van der Waals surface area contributed by atoms with Crippen LogP contribution in [0.1, 0.15) is 39.0 Å². The van der Waals surface area contributed by atoms with Crippen molar-refractivity contribution < 1.29 is 14.4 Å². The summed E-state index contributed by atoms with van der Waals surface area (Å²) in [5, 5.41) is 5.64. The third kappa shape index (κ3) is 3.99. The molecule has 4 rings (SSSR count). The van der Waals surface area contributed by atoms with E-state index in [1.165, 1.54) is 6.07 Å². The van der Waals surface area contributed by atoms with Crippen molar-refractivity contribution in [3.63, 3.8) is 0 Å². The van der Waals surface area contributed by atoms with Gasteiger partial charge in [0, 0.05) is 62.6 Å². The molecule has 0 spiro atoms. The Labute approximate surface area is 169 Å². The maximum atomic E-state index is 12.9. The van der Waals surface area contributed by atoms with Crippen molar-refractivity contribution in [1.29, 1.82) is 0 Å². The van der Waals surface area contributed by atoms with E-state index < -0.39 is 0 Å². The van der Waals surface area contributed by atoms with E-state index in [4.69, 9.17) is 0 Å². The number of amides is 3. The maximum Gasteiger partial charge on any atom is 0.269 e. The molecule has 1 aliphatic heterocycles. The summed E-state index contributed by atoms with van der Waals surface area (Å²) in [6.45, 7) is 2.97. The van der Waals surface area contributed by atoms with E-state index in [-0.39, 0.29) is 29.5 Å². The molecule has 150 valence electrons. The Hall–Kier alpha value is -3.22. The Morgan fingerprint density at radius 1 is 1.07 bits per heavy atom. The van der Waals surface area contributed by atoms with Crippen LogP contribution in [0, 0.1) is 11.8 Å². The number of carbonyl (C=O) groups is 3. The lowest BCUT2D eigenvalue weighted by Gasteiger charge is -2.18. The fourth-order valence-corrected chi connectivity index (χ4v) is 4.09. The van der Waals surface area contributed by atoms with Crippen molar-refractivity contribution in [2.75, 3.05) is 20.1 Å². The van der Waals surface area contributed by atoms with Crippen LogP contribution in [-0.2, 0) is 11.2 Å². The Morgan fingerprint density at radius 3 is 2.38 bits per heavy atom. The van der Waals surface area contributed by atoms with Crippen molar-refractivity contribution >= 4 is 17.7 Å². The van der Waals surface area contributed by atoms with Gasteiger partial charge in [0.15, 0.2) is 0 Å². The molecule has 2 N–H and O–H groups in total. The molecule has 0 bridgehead atoms. The molecular weight excluding hydrogens is 368 g/mol. The highest BCUT2D eigenvalue weighted by atomic mass is 16.2. The summed E-state index contributed by atoms with van der Waals surface area (Å²) in [5.41, 5.74) is 2.38. The first-order valence-corrected chi connectivity index (χ1v) is 9.79. The highest BCUT2D eigenvalue weighted by Crippen LogP contribution is 2.45. The van der Waals surface area contributed by atoms with Gasteiger partial charge in [0.1, 0.15) is 5.69 Å². The summed E-state index contributed by atoms with van der Waals surface area (Å²) >= 11 is 0. The van der Waals surface area contributed by atoms with E-state index in [0.29, 0.717) is 42.6 Å². The summed E-state index contributed by atoms with van der Waals surface area (Å²) in [6, 6.07) is 13.2. The molecule has 2 heterocycles. The quantitative estimate of drug-likeness (QED) is 0.801.